The summed E-state index contributed by atoms with van der Waals surface area (Å²) in [5.41, 5.74) is 1.70. The summed E-state index contributed by atoms with van der Waals surface area (Å²) in [5, 5.41) is 3.03. The van der Waals surface area contributed by atoms with Crippen molar-refractivity contribution in [1.29, 1.82) is 0 Å². The molecule has 1 aromatic heterocycles. The van der Waals surface area contributed by atoms with E-state index in [4.69, 9.17) is 23.2 Å². The first kappa shape index (κ1) is 22.7. The fourth-order valence-corrected chi connectivity index (χ4v) is 4.64. The molecule has 1 fully saturated rings. The van der Waals surface area contributed by atoms with Gasteiger partial charge in [0.1, 0.15) is 5.02 Å². The average Bonchev–Trinajstić information content (AvgIpc) is 3.18. The predicted molar refractivity (Wildman–Crippen MR) is 119 cm³/mol. The Labute approximate surface area is 185 Å². The van der Waals surface area contributed by atoms with Gasteiger partial charge in [-0.2, -0.15) is 0 Å². The smallest absolute Gasteiger partial charge is 0.308 e. The van der Waals surface area contributed by atoms with Crippen LogP contribution in [0.15, 0.2) is 40.3 Å². The molecule has 1 aliphatic rings. The summed E-state index contributed by atoms with van der Waals surface area (Å²) in [4.78, 5) is 36.9. The third-order valence-electron chi connectivity index (χ3n) is 5.69. The lowest BCUT2D eigenvalue weighted by Crippen LogP contribution is -2.33. The molecule has 2 aromatic rings. The van der Waals surface area contributed by atoms with E-state index in [2.05, 4.69) is 17.0 Å². The van der Waals surface area contributed by atoms with E-state index in [1.54, 1.807) is 28.8 Å². The molecular weight excluding hydrogens is 425 g/mol. The molecule has 1 aromatic carbocycles. The van der Waals surface area contributed by atoms with Crippen LogP contribution in [0.1, 0.15) is 54.2 Å². The van der Waals surface area contributed by atoms with Crippen LogP contribution in [0.2, 0.25) is 10.0 Å². The second kappa shape index (κ2) is 10.3. The number of hydrogen-bond donors (Lipinski definition) is 0. The molecule has 1 saturated heterocycles. The van der Waals surface area contributed by atoms with Gasteiger partial charge in [-0.15, -0.1) is 4.91 Å². The number of carbonyl (C=O) groups excluding carboxylic acids is 1. The van der Waals surface area contributed by atoms with Crippen molar-refractivity contribution in [2.45, 2.75) is 58.2 Å². The molecule has 0 N–H and O–H groups in total. The van der Waals surface area contributed by atoms with Crippen LogP contribution in [0.3, 0.4) is 0 Å². The maximum Gasteiger partial charge on any atom is 0.316 e. The fraction of sp³-hybridized carbons (Fsp3) is 0.455. The molecule has 0 unspecified atom stereocenters. The van der Waals surface area contributed by atoms with Crippen LogP contribution in [0.5, 0.6) is 0 Å². The molecule has 1 amide bonds. The van der Waals surface area contributed by atoms with Crippen LogP contribution in [-0.2, 0) is 19.5 Å². The van der Waals surface area contributed by atoms with Crippen molar-refractivity contribution >= 4 is 29.1 Å². The van der Waals surface area contributed by atoms with Gasteiger partial charge in [0.15, 0.2) is 0 Å². The predicted octanol–water partition coefficient (Wildman–Crippen LogP) is 5.07. The molecule has 0 radical (unpaired) electrons. The number of hydrogen-bond acceptors (Lipinski definition) is 4. The molecule has 6 nitrogen and oxygen atoms in total. The third-order valence-corrected chi connectivity index (χ3v) is 6.28. The number of amides is 1. The van der Waals surface area contributed by atoms with Crippen molar-refractivity contribution in [3.63, 3.8) is 0 Å². The molecule has 2 heterocycles. The zero-order valence-corrected chi connectivity index (χ0v) is 18.5. The number of nitrogens with zero attached hydrogens (tertiary/aromatic N) is 3. The Morgan fingerprint density at radius 2 is 1.93 bits per heavy atom. The van der Waals surface area contributed by atoms with Gasteiger partial charge >= 0.3 is 5.91 Å². The fourth-order valence-electron chi connectivity index (χ4n) is 4.10. The first-order valence-electron chi connectivity index (χ1n) is 10.2. The zero-order chi connectivity index (χ0) is 21.7. The zero-order valence-electron chi connectivity index (χ0n) is 16.9. The highest BCUT2D eigenvalue weighted by Crippen LogP contribution is 2.27. The van der Waals surface area contributed by atoms with Crippen LogP contribution in [-0.4, -0.2) is 28.0 Å². The number of halogens is 2. The summed E-state index contributed by atoms with van der Waals surface area (Å²) in [6, 6.07) is 8.69. The number of rotatable bonds is 8. The Morgan fingerprint density at radius 1 is 1.20 bits per heavy atom. The second-order valence-corrected chi connectivity index (χ2v) is 8.46. The summed E-state index contributed by atoms with van der Waals surface area (Å²) in [6.07, 6.45) is 5.15. The monoisotopic (exact) mass is 449 g/mol. The molecule has 0 aliphatic carbocycles. The highest BCUT2D eigenvalue weighted by molar-refractivity contribution is 6.34. The van der Waals surface area contributed by atoms with Gasteiger partial charge < -0.3 is 4.57 Å². The number of benzene rings is 1. The first-order valence-corrected chi connectivity index (χ1v) is 11.0. The Morgan fingerprint density at radius 3 is 2.60 bits per heavy atom. The highest BCUT2D eigenvalue weighted by Gasteiger charge is 2.26. The van der Waals surface area contributed by atoms with E-state index < -0.39 is 5.91 Å². The molecule has 30 heavy (non-hydrogen) atoms. The van der Waals surface area contributed by atoms with Crippen molar-refractivity contribution in [3.05, 3.63) is 72.5 Å². The quantitative estimate of drug-likeness (QED) is 0.527. The number of pyridine rings is 1. The lowest BCUT2D eigenvalue weighted by atomic mass is 10.1. The summed E-state index contributed by atoms with van der Waals surface area (Å²) >= 11 is 12.6. The van der Waals surface area contributed by atoms with Gasteiger partial charge in [-0.05, 0) is 56.0 Å². The van der Waals surface area contributed by atoms with Gasteiger partial charge in [0, 0.05) is 29.9 Å². The molecule has 0 spiro atoms. The third kappa shape index (κ3) is 5.17. The maximum absolute atomic E-state index is 12.8. The van der Waals surface area contributed by atoms with Gasteiger partial charge in [-0.1, -0.05) is 48.7 Å². The van der Waals surface area contributed by atoms with Crippen LogP contribution >= 0.6 is 23.2 Å². The van der Waals surface area contributed by atoms with Gasteiger partial charge in [-0.25, -0.2) is 0 Å². The second-order valence-electron chi connectivity index (χ2n) is 7.64. The summed E-state index contributed by atoms with van der Waals surface area (Å²) < 4.78 is 1.66. The Hall–Kier alpha value is -2.02. The first-order chi connectivity index (χ1) is 14.4. The minimum Gasteiger partial charge on any atom is -0.308 e. The van der Waals surface area contributed by atoms with E-state index in [0.29, 0.717) is 30.6 Å². The largest absolute Gasteiger partial charge is 0.316 e. The number of carbonyl (C=O) groups is 1. The van der Waals surface area contributed by atoms with Crippen molar-refractivity contribution in [3.8, 4) is 0 Å². The van der Waals surface area contributed by atoms with Crippen molar-refractivity contribution in [2.75, 3.05) is 6.54 Å². The minimum absolute atomic E-state index is 0.105. The lowest BCUT2D eigenvalue weighted by molar-refractivity contribution is 0.100. The van der Waals surface area contributed by atoms with E-state index in [0.717, 1.165) is 37.1 Å². The molecule has 160 valence electrons. The Kier molecular flexibility index (Phi) is 7.81. The Balaban J connectivity index is 1.82. The van der Waals surface area contributed by atoms with E-state index in [-0.39, 0.29) is 16.1 Å². The highest BCUT2D eigenvalue weighted by atomic mass is 35.5. The van der Waals surface area contributed by atoms with Crippen molar-refractivity contribution < 1.29 is 4.79 Å². The van der Waals surface area contributed by atoms with Crippen LogP contribution in [0.4, 0.5) is 0 Å². The van der Waals surface area contributed by atoms with E-state index >= 15 is 0 Å². The minimum atomic E-state index is -0.797. The number of aryl methyl sites for hydroxylation is 1. The SMILES string of the molecule is CCC[C@H]1CCCN1Cc1c(Cl)cc(Cl)c(=O)n1CCc1ccc(C(=O)N=O)cc1. The molecule has 1 atom stereocenters. The molecule has 0 bridgehead atoms. The number of aromatic nitrogens is 1. The molecule has 3 rings (SSSR count). The van der Waals surface area contributed by atoms with E-state index in [9.17, 15) is 14.5 Å². The normalized spacial score (nSPS) is 16.7. The molecule has 8 heteroatoms. The summed E-state index contributed by atoms with van der Waals surface area (Å²) in [6.45, 7) is 4.22. The van der Waals surface area contributed by atoms with Crippen molar-refractivity contribution in [1.82, 2.24) is 9.47 Å². The van der Waals surface area contributed by atoms with Gasteiger partial charge in [-0.3, -0.25) is 14.5 Å². The lowest BCUT2D eigenvalue weighted by Gasteiger charge is -2.26. The maximum atomic E-state index is 12.8. The molecule has 0 saturated carbocycles. The van der Waals surface area contributed by atoms with Crippen LogP contribution in [0.25, 0.3) is 0 Å². The standard InChI is InChI=1S/C22H25Cl2N3O3/c1-2-4-17-5-3-11-26(17)14-20-18(23)13-19(24)22(29)27(20)12-10-15-6-8-16(9-7-15)21(28)25-30/h6-9,13,17H,2-5,10-12,14H2,1H3/t17-/m0/s1. The van der Waals surface area contributed by atoms with Gasteiger partial charge in [0.2, 0.25) is 0 Å². The topological polar surface area (TPSA) is 71.7 Å². The van der Waals surface area contributed by atoms with E-state index in [1.165, 1.54) is 12.5 Å². The van der Waals surface area contributed by atoms with Gasteiger partial charge in [0.05, 0.1) is 10.7 Å². The van der Waals surface area contributed by atoms with Crippen LogP contribution in [0, 0.1) is 4.91 Å². The Bertz CT molecular complexity index is 973. The summed E-state index contributed by atoms with van der Waals surface area (Å²) in [5.74, 6) is -0.797. The molecular formula is C22H25Cl2N3O3. The van der Waals surface area contributed by atoms with E-state index in [1.807, 2.05) is 0 Å². The van der Waals surface area contributed by atoms with Gasteiger partial charge in [0.25, 0.3) is 5.56 Å². The average molecular weight is 450 g/mol. The number of nitroso groups, excluding NO2 is 1. The summed E-state index contributed by atoms with van der Waals surface area (Å²) in [7, 11) is 0. The molecule has 1 aliphatic heterocycles. The van der Waals surface area contributed by atoms with Crippen molar-refractivity contribution in [2.24, 2.45) is 5.18 Å². The number of likely N-dealkylation sites (tertiary alicyclic amines) is 1. The van der Waals surface area contributed by atoms with Crippen LogP contribution < -0.4 is 5.56 Å².